The summed E-state index contributed by atoms with van der Waals surface area (Å²) in [7, 11) is 0. The number of benzene rings is 1. The first-order valence-electron chi connectivity index (χ1n) is 4.51. The zero-order valence-corrected chi connectivity index (χ0v) is 7.16. The second-order valence-corrected chi connectivity index (χ2v) is 3.77. The SMILES string of the molecule is O=C1N=CC2(CC2)c2ccccc21. The van der Waals surface area contributed by atoms with E-state index in [9.17, 15) is 4.79 Å². The third-order valence-corrected chi connectivity index (χ3v) is 2.91. The van der Waals surface area contributed by atoms with Gasteiger partial charge in [0.2, 0.25) is 0 Å². The predicted octanol–water partition coefficient (Wildman–Crippen LogP) is 1.94. The van der Waals surface area contributed by atoms with Crippen molar-refractivity contribution >= 4 is 12.1 Å². The van der Waals surface area contributed by atoms with Crippen molar-refractivity contribution in [2.24, 2.45) is 4.99 Å². The summed E-state index contributed by atoms with van der Waals surface area (Å²) in [4.78, 5) is 15.3. The van der Waals surface area contributed by atoms with Crippen molar-refractivity contribution in [3.63, 3.8) is 0 Å². The largest absolute Gasteiger partial charge is 0.276 e. The average molecular weight is 171 g/mol. The normalized spacial score (nSPS) is 21.7. The van der Waals surface area contributed by atoms with Crippen LogP contribution in [-0.4, -0.2) is 12.1 Å². The second-order valence-electron chi connectivity index (χ2n) is 3.77. The molecule has 0 aromatic heterocycles. The number of carbonyl (C=O) groups excluding carboxylic acids is 1. The van der Waals surface area contributed by atoms with Gasteiger partial charge in [-0.2, -0.15) is 0 Å². The minimum atomic E-state index is -0.0897. The van der Waals surface area contributed by atoms with Crippen LogP contribution in [0.4, 0.5) is 0 Å². The summed E-state index contributed by atoms with van der Waals surface area (Å²) in [6.07, 6.45) is 4.11. The van der Waals surface area contributed by atoms with Gasteiger partial charge in [-0.3, -0.25) is 4.79 Å². The lowest BCUT2D eigenvalue weighted by Crippen LogP contribution is -2.19. The summed E-state index contributed by atoms with van der Waals surface area (Å²) in [6.45, 7) is 0. The Labute approximate surface area is 76.3 Å². The third kappa shape index (κ3) is 0.829. The molecule has 1 spiro atoms. The highest BCUT2D eigenvalue weighted by molar-refractivity contribution is 6.06. The van der Waals surface area contributed by atoms with Crippen molar-refractivity contribution < 1.29 is 4.79 Å². The summed E-state index contributed by atoms with van der Waals surface area (Å²) in [5, 5.41) is 0. The van der Waals surface area contributed by atoms with Gasteiger partial charge >= 0.3 is 0 Å². The maximum Gasteiger partial charge on any atom is 0.276 e. The predicted molar refractivity (Wildman–Crippen MR) is 50.2 cm³/mol. The van der Waals surface area contributed by atoms with E-state index in [0.717, 1.165) is 18.4 Å². The van der Waals surface area contributed by atoms with Crippen LogP contribution in [0.5, 0.6) is 0 Å². The van der Waals surface area contributed by atoms with Crippen LogP contribution in [-0.2, 0) is 5.41 Å². The van der Waals surface area contributed by atoms with Gasteiger partial charge in [-0.15, -0.1) is 0 Å². The molecule has 2 aliphatic rings. The van der Waals surface area contributed by atoms with Crippen molar-refractivity contribution in [1.82, 2.24) is 0 Å². The molecule has 0 saturated heterocycles. The number of nitrogens with zero attached hydrogens (tertiary/aromatic N) is 1. The molecule has 1 aliphatic carbocycles. The lowest BCUT2D eigenvalue weighted by atomic mass is 9.90. The maximum atomic E-state index is 11.4. The van der Waals surface area contributed by atoms with Crippen LogP contribution >= 0.6 is 0 Å². The van der Waals surface area contributed by atoms with E-state index in [1.165, 1.54) is 5.56 Å². The van der Waals surface area contributed by atoms with Gasteiger partial charge < -0.3 is 0 Å². The number of hydrogen-bond acceptors (Lipinski definition) is 1. The van der Waals surface area contributed by atoms with Crippen molar-refractivity contribution in [2.75, 3.05) is 0 Å². The molecule has 1 aromatic carbocycles. The number of amides is 1. The van der Waals surface area contributed by atoms with Crippen molar-refractivity contribution in [1.29, 1.82) is 0 Å². The van der Waals surface area contributed by atoms with Crippen LogP contribution in [0.1, 0.15) is 28.8 Å². The molecule has 1 fully saturated rings. The molecule has 1 amide bonds. The number of rotatable bonds is 0. The summed E-state index contributed by atoms with van der Waals surface area (Å²) < 4.78 is 0. The average Bonchev–Trinajstić information content (AvgIpc) is 2.94. The van der Waals surface area contributed by atoms with Crippen molar-refractivity contribution in [3.05, 3.63) is 35.4 Å². The third-order valence-electron chi connectivity index (χ3n) is 2.91. The topological polar surface area (TPSA) is 29.4 Å². The first-order valence-corrected chi connectivity index (χ1v) is 4.51. The van der Waals surface area contributed by atoms with Gasteiger partial charge in [0.05, 0.1) is 0 Å². The number of fused-ring (bicyclic) bond motifs is 2. The van der Waals surface area contributed by atoms with Gasteiger partial charge in [0.25, 0.3) is 5.91 Å². The molecule has 13 heavy (non-hydrogen) atoms. The molecule has 64 valence electrons. The second kappa shape index (κ2) is 2.08. The number of aliphatic imine (C=N–C) groups is 1. The lowest BCUT2D eigenvalue weighted by molar-refractivity contribution is 0.0999. The van der Waals surface area contributed by atoms with Crippen LogP contribution in [0.3, 0.4) is 0 Å². The van der Waals surface area contributed by atoms with E-state index in [1.54, 1.807) is 0 Å². The molecule has 1 aromatic rings. The highest BCUT2D eigenvalue weighted by Gasteiger charge is 2.46. The Morgan fingerprint density at radius 3 is 2.77 bits per heavy atom. The van der Waals surface area contributed by atoms with Crippen molar-refractivity contribution in [2.45, 2.75) is 18.3 Å². The Morgan fingerprint density at radius 1 is 1.23 bits per heavy atom. The molecule has 0 atom stereocenters. The van der Waals surface area contributed by atoms with E-state index in [2.05, 4.69) is 4.99 Å². The fourth-order valence-corrected chi connectivity index (χ4v) is 1.96. The molecule has 0 bridgehead atoms. The molecule has 1 heterocycles. The molecule has 0 radical (unpaired) electrons. The van der Waals surface area contributed by atoms with Gasteiger partial charge in [0.15, 0.2) is 0 Å². The van der Waals surface area contributed by atoms with Crippen LogP contribution in [0, 0.1) is 0 Å². The summed E-state index contributed by atoms with van der Waals surface area (Å²) in [5.41, 5.74) is 2.10. The van der Waals surface area contributed by atoms with Crippen LogP contribution in [0.2, 0.25) is 0 Å². The molecular formula is C11H9NO. The van der Waals surface area contributed by atoms with E-state index in [-0.39, 0.29) is 11.3 Å². The summed E-state index contributed by atoms with van der Waals surface area (Å²) in [6, 6.07) is 7.80. The Hall–Kier alpha value is -1.44. The monoisotopic (exact) mass is 171 g/mol. The zero-order chi connectivity index (χ0) is 8.89. The highest BCUT2D eigenvalue weighted by atomic mass is 16.1. The van der Waals surface area contributed by atoms with E-state index in [0.29, 0.717) is 0 Å². The quantitative estimate of drug-likeness (QED) is 0.586. The van der Waals surface area contributed by atoms with Crippen molar-refractivity contribution in [3.8, 4) is 0 Å². The first-order chi connectivity index (χ1) is 6.32. The van der Waals surface area contributed by atoms with Crippen LogP contribution in [0.15, 0.2) is 29.3 Å². The maximum absolute atomic E-state index is 11.4. The Bertz CT molecular complexity index is 416. The van der Waals surface area contributed by atoms with E-state index in [1.807, 2.05) is 30.5 Å². The molecule has 0 unspecified atom stereocenters. The molecule has 1 saturated carbocycles. The van der Waals surface area contributed by atoms with Crippen LogP contribution in [0.25, 0.3) is 0 Å². The highest BCUT2D eigenvalue weighted by Crippen LogP contribution is 2.49. The van der Waals surface area contributed by atoms with Gasteiger partial charge in [-0.25, -0.2) is 4.99 Å². The minimum absolute atomic E-state index is 0.0897. The molecule has 2 nitrogen and oxygen atoms in total. The molecule has 3 rings (SSSR count). The molecular weight excluding hydrogens is 162 g/mol. The van der Waals surface area contributed by atoms with Crippen LogP contribution < -0.4 is 0 Å². The van der Waals surface area contributed by atoms with Gasteiger partial charge in [0.1, 0.15) is 0 Å². The fraction of sp³-hybridized carbons (Fsp3) is 0.273. The van der Waals surface area contributed by atoms with E-state index < -0.39 is 0 Å². The lowest BCUT2D eigenvalue weighted by Gasteiger charge is -2.17. The number of carbonyl (C=O) groups is 1. The van der Waals surface area contributed by atoms with Gasteiger partial charge in [-0.05, 0) is 24.5 Å². The van der Waals surface area contributed by atoms with Gasteiger partial charge in [0, 0.05) is 17.2 Å². The molecule has 2 heteroatoms. The standard InChI is InChI=1S/C11H9NO/c13-10-8-3-1-2-4-9(8)11(5-6-11)7-12-10/h1-4,7H,5-6H2. The Morgan fingerprint density at radius 2 is 2.00 bits per heavy atom. The van der Waals surface area contributed by atoms with E-state index >= 15 is 0 Å². The van der Waals surface area contributed by atoms with Gasteiger partial charge in [-0.1, -0.05) is 18.2 Å². The summed E-state index contributed by atoms with van der Waals surface area (Å²) >= 11 is 0. The zero-order valence-electron chi connectivity index (χ0n) is 7.16. The first kappa shape index (κ1) is 7.01. The Kier molecular flexibility index (Phi) is 1.12. The number of hydrogen-bond donors (Lipinski definition) is 0. The smallest absolute Gasteiger partial charge is 0.267 e. The fourth-order valence-electron chi connectivity index (χ4n) is 1.96. The minimum Gasteiger partial charge on any atom is -0.267 e. The summed E-state index contributed by atoms with van der Waals surface area (Å²) in [5.74, 6) is -0.0897. The molecule has 0 N–H and O–H groups in total. The Balaban J connectivity index is 2.28. The molecule has 1 aliphatic heterocycles. The van der Waals surface area contributed by atoms with E-state index in [4.69, 9.17) is 0 Å².